The second-order valence-electron chi connectivity index (χ2n) is 6.54. The molecule has 4 N–H and O–H groups in total. The van der Waals surface area contributed by atoms with Crippen LogP contribution in [0, 0.1) is 0 Å². The molecule has 10 heteroatoms. The fourth-order valence-electron chi connectivity index (χ4n) is 3.61. The molecule has 0 saturated carbocycles. The van der Waals surface area contributed by atoms with Gasteiger partial charge < -0.3 is 15.3 Å². The molecule has 2 saturated heterocycles. The van der Waals surface area contributed by atoms with Gasteiger partial charge in [-0.1, -0.05) is 18.2 Å². The maximum Gasteiger partial charge on any atom is 0.404 e. The number of carbonyl (C=O) groups is 2. The van der Waals surface area contributed by atoms with Gasteiger partial charge in [-0.15, -0.1) is 0 Å². The van der Waals surface area contributed by atoms with Crippen molar-refractivity contribution in [1.82, 2.24) is 10.8 Å². The molecular formula is C16H19N3O6S. The van der Waals surface area contributed by atoms with Crippen molar-refractivity contribution in [3.05, 3.63) is 35.9 Å². The molecule has 2 aliphatic rings. The molecule has 2 fully saturated rings. The van der Waals surface area contributed by atoms with Crippen LogP contribution in [-0.4, -0.2) is 60.4 Å². The summed E-state index contributed by atoms with van der Waals surface area (Å²) in [6.07, 6.45) is 1.73. The average molecular weight is 381 g/mol. The van der Waals surface area contributed by atoms with E-state index in [-0.39, 0.29) is 25.3 Å². The normalized spacial score (nSPS) is 23.0. The van der Waals surface area contributed by atoms with Gasteiger partial charge in [0.25, 0.3) is 5.91 Å². The fourth-order valence-corrected chi connectivity index (χ4v) is 5.85. The number of anilines is 1. The summed E-state index contributed by atoms with van der Waals surface area (Å²) in [5, 5.41) is 19.6. The number of para-hydroxylation sites is 1. The predicted octanol–water partition coefficient (Wildman–Crippen LogP) is 0.219. The van der Waals surface area contributed by atoms with Gasteiger partial charge in [-0.25, -0.2) is 18.7 Å². The highest BCUT2D eigenvalue weighted by atomic mass is 32.2. The Morgan fingerprint density at radius 3 is 2.62 bits per heavy atom. The number of rotatable bonds is 4. The van der Waals surface area contributed by atoms with E-state index in [4.69, 9.17) is 10.3 Å². The van der Waals surface area contributed by atoms with E-state index >= 15 is 0 Å². The number of benzene rings is 1. The monoisotopic (exact) mass is 381 g/mol. The van der Waals surface area contributed by atoms with Crippen LogP contribution in [0.2, 0.25) is 0 Å². The zero-order valence-corrected chi connectivity index (χ0v) is 14.6. The Morgan fingerprint density at radius 2 is 1.96 bits per heavy atom. The summed E-state index contributed by atoms with van der Waals surface area (Å²) in [6.45, 7) is 0.536. The average Bonchev–Trinajstić information content (AvgIpc) is 2.80. The molecule has 1 aromatic carbocycles. The summed E-state index contributed by atoms with van der Waals surface area (Å²) in [5.41, 5.74) is 2.99. The first-order valence-corrected chi connectivity index (χ1v) is 9.59. The molecule has 2 amide bonds. The van der Waals surface area contributed by atoms with Crippen LogP contribution < -0.4 is 15.7 Å². The molecule has 140 valence electrons. The van der Waals surface area contributed by atoms with Crippen LogP contribution in [-0.2, 0) is 14.6 Å². The van der Waals surface area contributed by atoms with Gasteiger partial charge in [0, 0.05) is 30.9 Å². The van der Waals surface area contributed by atoms with E-state index < -0.39 is 32.6 Å². The first-order valence-electron chi connectivity index (χ1n) is 7.94. The van der Waals surface area contributed by atoms with Crippen molar-refractivity contribution in [2.75, 3.05) is 23.7 Å². The predicted molar refractivity (Wildman–Crippen MR) is 93.7 cm³/mol. The van der Waals surface area contributed by atoms with Gasteiger partial charge in [0.05, 0.1) is 5.75 Å². The lowest BCUT2D eigenvalue weighted by molar-refractivity contribution is -0.124. The molecule has 0 aliphatic carbocycles. The van der Waals surface area contributed by atoms with Crippen LogP contribution in [0.25, 0.3) is 6.08 Å². The number of hydrogen-bond acceptors (Lipinski definition) is 6. The maximum absolute atomic E-state index is 12.5. The Balaban J connectivity index is 1.77. The summed E-state index contributed by atoms with van der Waals surface area (Å²) >= 11 is 0. The van der Waals surface area contributed by atoms with Gasteiger partial charge in [0.1, 0.15) is 4.75 Å². The largest absolute Gasteiger partial charge is 0.465 e. The van der Waals surface area contributed by atoms with Crippen LogP contribution >= 0.6 is 0 Å². The van der Waals surface area contributed by atoms with E-state index in [1.165, 1.54) is 17.6 Å². The number of hydroxylamine groups is 1. The molecule has 2 aliphatic heterocycles. The molecule has 1 aromatic rings. The van der Waals surface area contributed by atoms with E-state index in [2.05, 4.69) is 5.32 Å². The molecule has 1 spiro atoms. The van der Waals surface area contributed by atoms with Crippen molar-refractivity contribution < 1.29 is 28.3 Å². The highest BCUT2D eigenvalue weighted by Crippen LogP contribution is 2.43. The maximum atomic E-state index is 12.5. The SMILES string of the molecule is O=C(O)NC1CC2(CN(c3ccccc3/C=C/C(=O)NO)C2)S(=O)(=O)C1. The summed E-state index contributed by atoms with van der Waals surface area (Å²) in [6, 6.07) is 6.59. The number of nitrogens with one attached hydrogen (secondary N) is 2. The Kier molecular flexibility index (Phi) is 4.63. The van der Waals surface area contributed by atoms with Crippen LogP contribution in [0.15, 0.2) is 30.3 Å². The Morgan fingerprint density at radius 1 is 1.27 bits per heavy atom. The molecule has 9 nitrogen and oxygen atoms in total. The Labute approximate surface area is 150 Å². The first kappa shape index (κ1) is 18.2. The van der Waals surface area contributed by atoms with E-state index in [0.29, 0.717) is 5.56 Å². The van der Waals surface area contributed by atoms with Crippen LogP contribution in [0.5, 0.6) is 0 Å². The Bertz CT molecular complexity index is 860. The molecule has 2 heterocycles. The quantitative estimate of drug-likeness (QED) is 0.333. The molecule has 0 aromatic heterocycles. The lowest BCUT2D eigenvalue weighted by Gasteiger charge is -2.48. The molecule has 26 heavy (non-hydrogen) atoms. The van der Waals surface area contributed by atoms with E-state index in [1.807, 2.05) is 17.0 Å². The number of hydrogen-bond donors (Lipinski definition) is 4. The van der Waals surface area contributed by atoms with E-state index in [0.717, 1.165) is 5.69 Å². The minimum Gasteiger partial charge on any atom is -0.465 e. The van der Waals surface area contributed by atoms with E-state index in [1.54, 1.807) is 12.1 Å². The zero-order valence-electron chi connectivity index (χ0n) is 13.8. The third kappa shape index (κ3) is 3.25. The zero-order chi connectivity index (χ0) is 18.9. The standard InChI is InChI=1S/C16H19N3O6S/c20-14(18-23)6-5-11-3-1-2-4-13(11)19-9-16(10-19)7-12(17-15(21)22)8-26(16,24)25/h1-6,12,17,23H,7-10H2,(H,18,20)(H,21,22)/b6-5+. The van der Waals surface area contributed by atoms with Gasteiger partial charge in [-0.3, -0.25) is 10.0 Å². The molecule has 0 radical (unpaired) electrons. The number of carbonyl (C=O) groups excluding carboxylic acids is 1. The topological polar surface area (TPSA) is 136 Å². The highest BCUT2D eigenvalue weighted by molar-refractivity contribution is 7.93. The van der Waals surface area contributed by atoms with Gasteiger partial charge >= 0.3 is 6.09 Å². The van der Waals surface area contributed by atoms with Gasteiger partial charge in [0.2, 0.25) is 0 Å². The fraction of sp³-hybridized carbons (Fsp3) is 0.375. The summed E-state index contributed by atoms with van der Waals surface area (Å²) in [7, 11) is -3.41. The highest BCUT2D eigenvalue weighted by Gasteiger charge is 2.59. The lowest BCUT2D eigenvalue weighted by atomic mass is 9.91. The van der Waals surface area contributed by atoms with Crippen molar-refractivity contribution in [3.63, 3.8) is 0 Å². The minimum atomic E-state index is -3.41. The minimum absolute atomic E-state index is 0.189. The molecule has 1 atom stereocenters. The van der Waals surface area contributed by atoms with Crippen LogP contribution in [0.3, 0.4) is 0 Å². The number of amides is 2. The van der Waals surface area contributed by atoms with Crippen molar-refractivity contribution in [2.45, 2.75) is 17.2 Å². The van der Waals surface area contributed by atoms with Crippen molar-refractivity contribution >= 4 is 33.6 Å². The molecule has 1 unspecified atom stereocenters. The smallest absolute Gasteiger partial charge is 0.404 e. The summed E-state index contributed by atoms with van der Waals surface area (Å²) < 4.78 is 24.1. The third-order valence-corrected chi connectivity index (χ3v) is 7.37. The summed E-state index contributed by atoms with van der Waals surface area (Å²) in [5.74, 6) is -0.855. The van der Waals surface area contributed by atoms with Gasteiger partial charge in [-0.05, 0) is 24.1 Å². The summed E-state index contributed by atoms with van der Waals surface area (Å²) in [4.78, 5) is 23.8. The number of carboxylic acid groups (broad SMARTS) is 1. The van der Waals surface area contributed by atoms with Crippen molar-refractivity contribution in [3.8, 4) is 0 Å². The second kappa shape index (κ2) is 6.61. The second-order valence-corrected chi connectivity index (χ2v) is 8.97. The number of nitrogens with zero attached hydrogens (tertiary/aromatic N) is 1. The third-order valence-electron chi connectivity index (χ3n) is 4.79. The van der Waals surface area contributed by atoms with Crippen LogP contribution in [0.4, 0.5) is 10.5 Å². The molecular weight excluding hydrogens is 362 g/mol. The number of sulfone groups is 1. The Hall–Kier alpha value is -2.59. The van der Waals surface area contributed by atoms with Crippen LogP contribution in [0.1, 0.15) is 12.0 Å². The molecule has 0 bridgehead atoms. The molecule has 3 rings (SSSR count). The van der Waals surface area contributed by atoms with E-state index in [9.17, 15) is 18.0 Å². The lowest BCUT2D eigenvalue weighted by Crippen LogP contribution is -2.64. The van der Waals surface area contributed by atoms with Crippen molar-refractivity contribution in [2.24, 2.45) is 0 Å². The van der Waals surface area contributed by atoms with Crippen molar-refractivity contribution in [1.29, 1.82) is 0 Å². The first-order chi connectivity index (χ1) is 12.3. The van der Waals surface area contributed by atoms with Gasteiger partial charge in [0.15, 0.2) is 9.84 Å². The van der Waals surface area contributed by atoms with Gasteiger partial charge in [-0.2, -0.15) is 0 Å².